The van der Waals surface area contributed by atoms with Gasteiger partial charge in [0.25, 0.3) is 0 Å². The fourth-order valence-electron chi connectivity index (χ4n) is 3.07. The Morgan fingerprint density at radius 3 is 3.18 bits per heavy atom. The number of nitrogens with one attached hydrogen (secondary N) is 2. The Labute approximate surface area is 130 Å². The highest BCUT2D eigenvalue weighted by molar-refractivity contribution is 5.86. The molecular weight excluding hydrogens is 278 g/mol. The lowest BCUT2D eigenvalue weighted by atomic mass is 10.1. The topological polar surface area (TPSA) is 57.4 Å². The van der Waals surface area contributed by atoms with Gasteiger partial charge in [0.15, 0.2) is 0 Å². The lowest BCUT2D eigenvalue weighted by molar-refractivity contribution is -0.00342. The highest BCUT2D eigenvalue weighted by Gasteiger charge is 2.20. The highest BCUT2D eigenvalue weighted by Crippen LogP contribution is 2.22. The van der Waals surface area contributed by atoms with Gasteiger partial charge in [-0.25, -0.2) is 4.79 Å². The minimum atomic E-state index is 0.00622. The van der Waals surface area contributed by atoms with Gasteiger partial charge < -0.3 is 19.9 Å². The van der Waals surface area contributed by atoms with Crippen molar-refractivity contribution in [3.05, 3.63) is 35.5 Å². The Balaban J connectivity index is 1.57. The van der Waals surface area contributed by atoms with Crippen molar-refractivity contribution >= 4 is 16.9 Å². The number of amides is 2. The molecule has 1 aliphatic rings. The molecule has 0 unspecified atom stereocenters. The monoisotopic (exact) mass is 301 g/mol. The van der Waals surface area contributed by atoms with Crippen molar-refractivity contribution in [2.24, 2.45) is 0 Å². The number of fused-ring (bicyclic) bond motifs is 1. The number of aromatic amines is 1. The number of rotatable bonds is 3. The molecule has 1 aliphatic heterocycles. The van der Waals surface area contributed by atoms with Gasteiger partial charge >= 0.3 is 6.03 Å². The zero-order valence-corrected chi connectivity index (χ0v) is 13.2. The molecule has 1 aromatic carbocycles. The number of hydrogen-bond acceptors (Lipinski definition) is 2. The summed E-state index contributed by atoms with van der Waals surface area (Å²) in [6.07, 6.45) is 2.99. The number of aryl methyl sites for hydroxylation is 1. The Morgan fingerprint density at radius 2 is 2.36 bits per heavy atom. The molecule has 118 valence electrons. The molecule has 1 saturated heterocycles. The second-order valence-corrected chi connectivity index (χ2v) is 5.92. The minimum Gasteiger partial charge on any atom is -0.375 e. The third kappa shape index (κ3) is 3.09. The number of nitrogens with zero attached hydrogens (tertiary/aromatic N) is 1. The molecule has 22 heavy (non-hydrogen) atoms. The van der Waals surface area contributed by atoms with Crippen LogP contribution in [0.2, 0.25) is 0 Å². The number of ether oxygens (including phenoxy) is 1. The van der Waals surface area contributed by atoms with Crippen molar-refractivity contribution in [1.29, 1.82) is 0 Å². The third-order valence-electron chi connectivity index (χ3n) is 4.19. The van der Waals surface area contributed by atoms with Crippen molar-refractivity contribution in [1.82, 2.24) is 15.2 Å². The maximum absolute atomic E-state index is 12.2. The van der Waals surface area contributed by atoms with Gasteiger partial charge in [-0.1, -0.05) is 12.1 Å². The van der Waals surface area contributed by atoms with Crippen LogP contribution in [0.5, 0.6) is 0 Å². The van der Waals surface area contributed by atoms with Crippen molar-refractivity contribution in [3.63, 3.8) is 0 Å². The Kier molecular flexibility index (Phi) is 4.34. The van der Waals surface area contributed by atoms with Crippen LogP contribution >= 0.6 is 0 Å². The summed E-state index contributed by atoms with van der Waals surface area (Å²) < 4.78 is 5.46. The predicted octanol–water partition coefficient (Wildman–Crippen LogP) is 2.45. The summed E-state index contributed by atoms with van der Waals surface area (Å²) in [5.74, 6) is 0. The second kappa shape index (κ2) is 6.40. The van der Waals surface area contributed by atoms with Gasteiger partial charge in [0.1, 0.15) is 0 Å². The summed E-state index contributed by atoms with van der Waals surface area (Å²) in [6, 6.07) is 6.26. The van der Waals surface area contributed by atoms with Crippen LogP contribution in [0.4, 0.5) is 4.79 Å². The van der Waals surface area contributed by atoms with Gasteiger partial charge in [-0.3, -0.25) is 0 Å². The first-order valence-corrected chi connectivity index (χ1v) is 7.85. The summed E-state index contributed by atoms with van der Waals surface area (Å²) in [5.41, 5.74) is 3.68. The van der Waals surface area contributed by atoms with Gasteiger partial charge in [-0.2, -0.15) is 0 Å². The molecule has 1 atom stereocenters. The van der Waals surface area contributed by atoms with Gasteiger partial charge in [-0.05, 0) is 37.5 Å². The first-order valence-electron chi connectivity index (χ1n) is 7.85. The van der Waals surface area contributed by atoms with Crippen molar-refractivity contribution in [3.8, 4) is 0 Å². The molecule has 2 aromatic rings. The number of benzene rings is 1. The van der Waals surface area contributed by atoms with Crippen molar-refractivity contribution in [2.45, 2.75) is 26.4 Å². The van der Waals surface area contributed by atoms with Gasteiger partial charge in [0.2, 0.25) is 0 Å². The lowest BCUT2D eigenvalue weighted by Gasteiger charge is -2.31. The van der Waals surface area contributed by atoms with Crippen LogP contribution in [0, 0.1) is 6.92 Å². The maximum Gasteiger partial charge on any atom is 0.317 e. The van der Waals surface area contributed by atoms with Crippen molar-refractivity contribution in [2.75, 3.05) is 26.2 Å². The molecule has 5 nitrogen and oxygen atoms in total. The Morgan fingerprint density at radius 1 is 1.50 bits per heavy atom. The van der Waals surface area contributed by atoms with Gasteiger partial charge in [-0.15, -0.1) is 0 Å². The first kappa shape index (κ1) is 14.9. The van der Waals surface area contributed by atoms with Crippen LogP contribution in [0.15, 0.2) is 24.4 Å². The molecule has 2 amide bonds. The molecule has 1 aromatic heterocycles. The molecule has 0 radical (unpaired) electrons. The summed E-state index contributed by atoms with van der Waals surface area (Å²) in [4.78, 5) is 17.3. The number of morpholine rings is 1. The van der Waals surface area contributed by atoms with E-state index in [0.29, 0.717) is 26.2 Å². The molecule has 3 rings (SSSR count). The van der Waals surface area contributed by atoms with E-state index in [2.05, 4.69) is 35.4 Å². The fraction of sp³-hybridized carbons (Fsp3) is 0.471. The van der Waals surface area contributed by atoms with Crippen LogP contribution in [0.25, 0.3) is 10.9 Å². The van der Waals surface area contributed by atoms with E-state index < -0.39 is 0 Å². The first-order chi connectivity index (χ1) is 10.6. The molecular formula is C17H23N3O2. The Bertz CT molecular complexity index is 665. The lowest BCUT2D eigenvalue weighted by Crippen LogP contribution is -2.49. The van der Waals surface area contributed by atoms with Crippen LogP contribution in [0.3, 0.4) is 0 Å². The fourth-order valence-corrected chi connectivity index (χ4v) is 3.07. The van der Waals surface area contributed by atoms with E-state index in [-0.39, 0.29) is 12.1 Å². The predicted molar refractivity (Wildman–Crippen MR) is 87.1 cm³/mol. The standard InChI is InChI=1S/C17H23N3O2/c1-12-4-3-5-15-16(12)14(10-19-15)6-7-18-17(21)20-8-9-22-13(2)11-20/h3-5,10,13,19H,6-9,11H2,1-2H3,(H,18,21)/t13-/m0/s1. The van der Waals surface area contributed by atoms with E-state index in [1.165, 1.54) is 16.5 Å². The average Bonchev–Trinajstić information content (AvgIpc) is 2.92. The number of carbonyl (C=O) groups is 1. The number of hydrogen-bond donors (Lipinski definition) is 2. The highest BCUT2D eigenvalue weighted by atomic mass is 16.5. The SMILES string of the molecule is Cc1cccc2[nH]cc(CCNC(=O)N3CCO[C@@H](C)C3)c12. The zero-order valence-electron chi connectivity index (χ0n) is 13.2. The van der Waals surface area contributed by atoms with Crippen LogP contribution in [-0.2, 0) is 11.2 Å². The van der Waals surface area contributed by atoms with Crippen LogP contribution in [-0.4, -0.2) is 48.3 Å². The summed E-state index contributed by atoms with van der Waals surface area (Å²) in [7, 11) is 0. The molecule has 0 spiro atoms. The molecule has 2 heterocycles. The van der Waals surface area contributed by atoms with Gasteiger partial charge in [0.05, 0.1) is 12.7 Å². The molecule has 0 saturated carbocycles. The average molecular weight is 301 g/mol. The maximum atomic E-state index is 12.2. The van der Waals surface area contributed by atoms with E-state index in [0.717, 1.165) is 11.9 Å². The number of H-pyrrole nitrogens is 1. The summed E-state index contributed by atoms with van der Waals surface area (Å²) >= 11 is 0. The molecule has 1 fully saturated rings. The largest absolute Gasteiger partial charge is 0.375 e. The zero-order chi connectivity index (χ0) is 15.5. The Hall–Kier alpha value is -2.01. The number of aromatic nitrogens is 1. The minimum absolute atomic E-state index is 0.00622. The number of carbonyl (C=O) groups excluding carboxylic acids is 1. The molecule has 0 bridgehead atoms. The smallest absolute Gasteiger partial charge is 0.317 e. The number of urea groups is 1. The third-order valence-corrected chi connectivity index (χ3v) is 4.19. The van der Waals surface area contributed by atoms with Gasteiger partial charge in [0, 0.05) is 36.7 Å². The normalized spacial score (nSPS) is 18.6. The summed E-state index contributed by atoms with van der Waals surface area (Å²) in [6.45, 7) is 6.71. The second-order valence-electron chi connectivity index (χ2n) is 5.92. The van der Waals surface area contributed by atoms with E-state index in [9.17, 15) is 4.79 Å². The van der Waals surface area contributed by atoms with Crippen molar-refractivity contribution < 1.29 is 9.53 Å². The van der Waals surface area contributed by atoms with Crippen LogP contribution in [0.1, 0.15) is 18.1 Å². The van der Waals surface area contributed by atoms with Crippen LogP contribution < -0.4 is 5.32 Å². The summed E-state index contributed by atoms with van der Waals surface area (Å²) in [5, 5.41) is 4.29. The molecule has 5 heteroatoms. The van der Waals surface area contributed by atoms with E-state index >= 15 is 0 Å². The molecule has 0 aliphatic carbocycles. The van der Waals surface area contributed by atoms with E-state index in [1.54, 1.807) is 0 Å². The van der Waals surface area contributed by atoms with E-state index in [4.69, 9.17) is 4.74 Å². The van der Waals surface area contributed by atoms with E-state index in [1.807, 2.05) is 18.0 Å². The molecule has 2 N–H and O–H groups in total. The quantitative estimate of drug-likeness (QED) is 0.915.